The molecule has 6 nitrogen and oxygen atoms in total. The summed E-state index contributed by atoms with van der Waals surface area (Å²) in [7, 11) is 1.71. The maximum Gasteiger partial charge on any atom is 0.278 e. The highest BCUT2D eigenvalue weighted by molar-refractivity contribution is 6.04. The lowest BCUT2D eigenvalue weighted by Crippen LogP contribution is -2.28. The predicted octanol–water partition coefficient (Wildman–Crippen LogP) is 1.35. The number of para-hydroxylation sites is 1. The van der Waals surface area contributed by atoms with Crippen LogP contribution < -0.4 is 16.2 Å². The number of aryl methyl sites for hydroxylation is 1. The fourth-order valence-electron chi connectivity index (χ4n) is 1.74. The molecule has 98 valence electrons. The van der Waals surface area contributed by atoms with E-state index in [0.717, 1.165) is 11.3 Å². The fourth-order valence-corrected chi connectivity index (χ4v) is 1.74. The number of amides is 1. The minimum Gasteiger partial charge on any atom is -0.310 e. The Hall–Kier alpha value is -2.47. The Morgan fingerprint density at radius 1 is 1.21 bits per heavy atom. The number of carbonyl (C=O) groups excluding carboxylic acids is 1. The van der Waals surface area contributed by atoms with Crippen LogP contribution in [-0.4, -0.2) is 23.2 Å². The lowest BCUT2D eigenvalue weighted by Gasteiger charge is -2.18. The highest BCUT2D eigenvalue weighted by Crippen LogP contribution is 2.19. The van der Waals surface area contributed by atoms with E-state index < -0.39 is 0 Å². The minimum atomic E-state index is -0.217. The van der Waals surface area contributed by atoms with Crippen LogP contribution in [0.3, 0.4) is 0 Å². The number of hydrogen-bond acceptors (Lipinski definition) is 5. The van der Waals surface area contributed by atoms with Crippen LogP contribution in [0.4, 0.5) is 11.5 Å². The Morgan fingerprint density at radius 2 is 1.95 bits per heavy atom. The Bertz CT molecular complexity index is 582. The monoisotopic (exact) mass is 257 g/mol. The number of carbonyl (C=O) groups is 1. The Kier molecular flexibility index (Phi) is 3.72. The van der Waals surface area contributed by atoms with Gasteiger partial charge in [0.05, 0.1) is 0 Å². The van der Waals surface area contributed by atoms with Gasteiger partial charge in [0.15, 0.2) is 11.5 Å². The van der Waals surface area contributed by atoms with Crippen molar-refractivity contribution in [2.24, 2.45) is 5.84 Å². The van der Waals surface area contributed by atoms with Crippen LogP contribution in [0.5, 0.6) is 0 Å². The van der Waals surface area contributed by atoms with Crippen molar-refractivity contribution in [3.05, 3.63) is 47.7 Å². The molecule has 0 aliphatic rings. The summed E-state index contributed by atoms with van der Waals surface area (Å²) in [5.74, 6) is 5.39. The van der Waals surface area contributed by atoms with E-state index in [9.17, 15) is 4.79 Å². The number of nitrogen functional groups attached to an aromatic ring is 1. The summed E-state index contributed by atoms with van der Waals surface area (Å²) >= 11 is 0. The Labute approximate surface area is 111 Å². The molecular weight excluding hydrogens is 242 g/mol. The molecule has 2 aromatic rings. The third kappa shape index (κ3) is 2.69. The normalized spacial score (nSPS) is 10.1. The molecule has 1 aromatic heterocycles. The van der Waals surface area contributed by atoms with Crippen molar-refractivity contribution in [1.82, 2.24) is 10.2 Å². The number of rotatable bonds is 3. The summed E-state index contributed by atoms with van der Waals surface area (Å²) < 4.78 is 0. The van der Waals surface area contributed by atoms with Crippen LogP contribution in [0.1, 0.15) is 16.1 Å². The van der Waals surface area contributed by atoms with E-state index in [4.69, 9.17) is 5.84 Å². The summed E-state index contributed by atoms with van der Waals surface area (Å²) in [6, 6.07) is 10.8. The molecule has 0 spiro atoms. The molecule has 6 heteroatoms. The summed E-state index contributed by atoms with van der Waals surface area (Å²) in [6.07, 6.45) is 0. The quantitative estimate of drug-likeness (QED) is 0.640. The molecule has 0 saturated heterocycles. The van der Waals surface area contributed by atoms with Gasteiger partial charge in [-0.05, 0) is 30.7 Å². The van der Waals surface area contributed by atoms with Gasteiger partial charge in [0.2, 0.25) is 0 Å². The van der Waals surface area contributed by atoms with Crippen LogP contribution in [0.2, 0.25) is 0 Å². The average molecular weight is 257 g/mol. The highest BCUT2D eigenvalue weighted by Gasteiger charge is 2.16. The minimum absolute atomic E-state index is 0.217. The van der Waals surface area contributed by atoms with Gasteiger partial charge in [0, 0.05) is 12.7 Å². The summed E-state index contributed by atoms with van der Waals surface area (Å²) in [5, 5.41) is 7.63. The summed E-state index contributed by atoms with van der Waals surface area (Å²) in [6.45, 7) is 1.95. The van der Waals surface area contributed by atoms with Crippen LogP contribution in [0.15, 0.2) is 36.4 Å². The molecule has 0 aliphatic carbocycles. The second kappa shape index (κ2) is 5.45. The maximum atomic E-state index is 12.3. The molecule has 2 rings (SSSR count). The van der Waals surface area contributed by atoms with Gasteiger partial charge in [-0.2, -0.15) is 0 Å². The molecule has 1 aromatic carbocycles. The van der Waals surface area contributed by atoms with E-state index in [1.165, 1.54) is 0 Å². The lowest BCUT2D eigenvalue weighted by atomic mass is 10.2. The summed E-state index contributed by atoms with van der Waals surface area (Å²) in [4.78, 5) is 13.8. The number of nitrogens with one attached hydrogen (secondary N) is 1. The van der Waals surface area contributed by atoms with E-state index in [1.807, 2.05) is 31.2 Å². The van der Waals surface area contributed by atoms with Crippen molar-refractivity contribution >= 4 is 17.4 Å². The first-order valence-corrected chi connectivity index (χ1v) is 5.77. The van der Waals surface area contributed by atoms with Gasteiger partial charge in [0.25, 0.3) is 5.91 Å². The zero-order valence-electron chi connectivity index (χ0n) is 10.8. The molecule has 0 bridgehead atoms. The Morgan fingerprint density at radius 3 is 2.53 bits per heavy atom. The predicted molar refractivity (Wildman–Crippen MR) is 73.8 cm³/mol. The number of hydrogen-bond donors (Lipinski definition) is 2. The zero-order chi connectivity index (χ0) is 13.8. The van der Waals surface area contributed by atoms with E-state index in [0.29, 0.717) is 5.82 Å². The lowest BCUT2D eigenvalue weighted by molar-refractivity contribution is 0.0987. The largest absolute Gasteiger partial charge is 0.310 e. The first-order valence-electron chi connectivity index (χ1n) is 5.77. The van der Waals surface area contributed by atoms with E-state index in [2.05, 4.69) is 15.6 Å². The molecule has 0 radical (unpaired) electrons. The molecule has 0 atom stereocenters. The number of hydrazine groups is 1. The third-order valence-corrected chi connectivity index (χ3v) is 2.81. The fraction of sp³-hybridized carbons (Fsp3) is 0.154. The third-order valence-electron chi connectivity index (χ3n) is 2.81. The van der Waals surface area contributed by atoms with Crippen molar-refractivity contribution in [3.63, 3.8) is 0 Å². The van der Waals surface area contributed by atoms with Gasteiger partial charge in [0.1, 0.15) is 0 Å². The molecular formula is C13H15N5O. The van der Waals surface area contributed by atoms with Crippen molar-refractivity contribution in [3.8, 4) is 0 Å². The number of aromatic nitrogens is 2. The number of nitrogens with two attached hydrogens (primary N) is 1. The number of anilines is 2. The maximum absolute atomic E-state index is 12.3. The molecule has 1 amide bonds. The van der Waals surface area contributed by atoms with E-state index in [-0.39, 0.29) is 11.6 Å². The van der Waals surface area contributed by atoms with Gasteiger partial charge in [-0.1, -0.05) is 18.2 Å². The van der Waals surface area contributed by atoms with Crippen molar-refractivity contribution in [2.75, 3.05) is 17.4 Å². The van der Waals surface area contributed by atoms with Crippen LogP contribution in [0.25, 0.3) is 0 Å². The zero-order valence-corrected chi connectivity index (χ0v) is 10.8. The van der Waals surface area contributed by atoms with Crippen LogP contribution in [-0.2, 0) is 0 Å². The van der Waals surface area contributed by atoms with E-state index >= 15 is 0 Å². The van der Waals surface area contributed by atoms with Gasteiger partial charge >= 0.3 is 0 Å². The van der Waals surface area contributed by atoms with Gasteiger partial charge in [-0.3, -0.25) is 4.79 Å². The van der Waals surface area contributed by atoms with Crippen LogP contribution >= 0.6 is 0 Å². The standard InChI is InChI=1S/C13H15N5O/c1-9-5-3-4-6-11(9)18(2)13(19)10-7-8-12(15-14)17-16-10/h3-8H,14H2,1-2H3,(H,15,17). The smallest absolute Gasteiger partial charge is 0.278 e. The topological polar surface area (TPSA) is 84.1 Å². The highest BCUT2D eigenvalue weighted by atomic mass is 16.2. The SMILES string of the molecule is Cc1ccccc1N(C)C(=O)c1ccc(NN)nn1. The Balaban J connectivity index is 2.26. The van der Waals surface area contributed by atoms with Crippen molar-refractivity contribution < 1.29 is 4.79 Å². The molecule has 0 fully saturated rings. The molecule has 19 heavy (non-hydrogen) atoms. The summed E-state index contributed by atoms with van der Waals surface area (Å²) in [5.41, 5.74) is 4.50. The molecule has 0 aliphatic heterocycles. The van der Waals surface area contributed by atoms with Crippen molar-refractivity contribution in [2.45, 2.75) is 6.92 Å². The molecule has 1 heterocycles. The number of benzene rings is 1. The second-order valence-corrected chi connectivity index (χ2v) is 4.10. The average Bonchev–Trinajstić information content (AvgIpc) is 2.46. The van der Waals surface area contributed by atoms with Gasteiger partial charge < -0.3 is 10.3 Å². The van der Waals surface area contributed by atoms with Gasteiger partial charge in [-0.25, -0.2) is 5.84 Å². The van der Waals surface area contributed by atoms with E-state index in [1.54, 1.807) is 24.1 Å². The van der Waals surface area contributed by atoms with Crippen molar-refractivity contribution in [1.29, 1.82) is 0 Å². The molecule has 0 saturated carbocycles. The first kappa shape index (κ1) is 13.0. The first-order chi connectivity index (χ1) is 9.13. The second-order valence-electron chi connectivity index (χ2n) is 4.10. The molecule has 0 unspecified atom stereocenters. The van der Waals surface area contributed by atoms with Gasteiger partial charge in [-0.15, -0.1) is 10.2 Å². The molecule has 3 N–H and O–H groups in total. The number of nitrogens with zero attached hydrogens (tertiary/aromatic N) is 3. The van der Waals surface area contributed by atoms with Crippen LogP contribution in [0, 0.1) is 6.92 Å².